The van der Waals surface area contributed by atoms with Crippen molar-refractivity contribution in [2.45, 2.75) is 49.1 Å². The highest BCUT2D eigenvalue weighted by molar-refractivity contribution is 8.44. The molecule has 18 nitrogen and oxygen atoms in total. The third-order valence-electron chi connectivity index (χ3n) is 7.42. The minimum Gasteiger partial charge on any atom is -0.387 e. The number of aliphatic hydroxyl groups excluding tert-OH is 2. The zero-order chi connectivity index (χ0) is 31.0. The number of thiol groups is 2. The Hall–Kier alpha value is -2.32. The van der Waals surface area contributed by atoms with E-state index in [1.807, 2.05) is 0 Å². The average Bonchev–Trinajstić information content (AvgIpc) is 3.72. The van der Waals surface area contributed by atoms with Gasteiger partial charge < -0.3 is 30.0 Å². The lowest BCUT2D eigenvalue weighted by Gasteiger charge is -2.26. The maximum Gasteiger partial charge on any atom is 0.386 e. The maximum absolute atomic E-state index is 13.5. The number of H-pyrrole nitrogens is 1. The molecule has 1 aromatic carbocycles. The number of anilines is 1. The van der Waals surface area contributed by atoms with Gasteiger partial charge in [-0.2, -0.15) is 4.98 Å². The van der Waals surface area contributed by atoms with Crippen molar-refractivity contribution < 1.29 is 46.9 Å². The third kappa shape index (κ3) is 5.42. The Balaban J connectivity index is 1.22. The summed E-state index contributed by atoms with van der Waals surface area (Å²) in [4.78, 5) is 27.1. The molecule has 3 fully saturated rings. The van der Waals surface area contributed by atoms with Crippen LogP contribution < -0.4 is 11.3 Å². The summed E-state index contributed by atoms with van der Waals surface area (Å²) >= 11 is 8.18. The fourth-order valence-electron chi connectivity index (χ4n) is 5.40. The highest BCUT2D eigenvalue weighted by atomic mass is 32.7. The number of rotatable bonds is 2. The van der Waals surface area contributed by atoms with E-state index in [4.69, 9.17) is 33.3 Å². The van der Waals surface area contributed by atoms with E-state index in [1.165, 1.54) is 17.2 Å². The fourth-order valence-corrected chi connectivity index (χ4v) is 8.32. The van der Waals surface area contributed by atoms with Crippen LogP contribution in [-0.4, -0.2) is 89.1 Å². The van der Waals surface area contributed by atoms with Gasteiger partial charge in [-0.25, -0.2) is 19.1 Å². The maximum atomic E-state index is 13.5. The molecule has 0 spiro atoms. The molecule has 0 aliphatic carbocycles. The van der Waals surface area contributed by atoms with Gasteiger partial charge in [0.1, 0.15) is 36.6 Å². The van der Waals surface area contributed by atoms with Gasteiger partial charge in [0.25, 0.3) is 5.56 Å². The van der Waals surface area contributed by atoms with E-state index in [-0.39, 0.29) is 17.1 Å². The number of nitrogens with two attached hydrogens (primary N) is 1. The first-order valence-electron chi connectivity index (χ1n) is 13.0. The molecule has 5 N–H and O–H groups in total. The average molecular weight is 690 g/mol. The van der Waals surface area contributed by atoms with Crippen molar-refractivity contribution in [3.05, 3.63) is 47.3 Å². The monoisotopic (exact) mass is 689 g/mol. The lowest BCUT2D eigenvalue weighted by atomic mass is 10.1. The summed E-state index contributed by atoms with van der Waals surface area (Å²) in [6.45, 7) is -9.69. The molecule has 3 saturated heterocycles. The van der Waals surface area contributed by atoms with Crippen molar-refractivity contribution in [3.63, 3.8) is 0 Å². The number of aromatic nitrogens is 6. The van der Waals surface area contributed by atoms with Crippen LogP contribution >= 0.6 is 38.1 Å². The summed E-state index contributed by atoms with van der Waals surface area (Å²) in [6.07, 6.45) is -8.03. The first kappa shape index (κ1) is 30.3. The van der Waals surface area contributed by atoms with Crippen molar-refractivity contribution in [1.29, 1.82) is 0 Å². The molecule has 4 aromatic rings. The van der Waals surface area contributed by atoms with E-state index in [0.717, 1.165) is 0 Å². The quantitative estimate of drug-likeness (QED) is 0.128. The minimum atomic E-state index is -4.32. The minimum absolute atomic E-state index is 0.0263. The highest BCUT2D eigenvalue weighted by Gasteiger charge is 2.53. The lowest BCUT2D eigenvalue weighted by molar-refractivity contribution is -0.0583. The van der Waals surface area contributed by atoms with Crippen molar-refractivity contribution in [1.82, 2.24) is 29.1 Å². The van der Waals surface area contributed by atoms with Crippen molar-refractivity contribution >= 4 is 66.2 Å². The molecule has 44 heavy (non-hydrogen) atoms. The molecule has 4 bridgehead atoms. The van der Waals surface area contributed by atoms with Crippen LogP contribution in [0, 0.1) is 0 Å². The largest absolute Gasteiger partial charge is 0.387 e. The van der Waals surface area contributed by atoms with Gasteiger partial charge in [0.15, 0.2) is 23.6 Å². The van der Waals surface area contributed by atoms with Gasteiger partial charge in [0.2, 0.25) is 5.95 Å². The molecule has 6 unspecified atom stereocenters. The number of benzene rings is 1. The number of aliphatic hydroxyl groups is 2. The van der Waals surface area contributed by atoms with Crippen LogP contribution in [-0.2, 0) is 36.7 Å². The van der Waals surface area contributed by atoms with Crippen LogP contribution in [0.25, 0.3) is 22.2 Å². The van der Waals surface area contributed by atoms with Gasteiger partial charge >= 0.3 is 13.6 Å². The Bertz CT molecular complexity index is 1890. The van der Waals surface area contributed by atoms with E-state index in [1.54, 1.807) is 28.8 Å². The zero-order valence-electron chi connectivity index (χ0n) is 22.2. The Morgan fingerprint density at radius 1 is 0.909 bits per heavy atom. The number of imidazole rings is 2. The topological polar surface area (TPSA) is 237 Å². The molecular formula is C22H25N7O11P2S2. The van der Waals surface area contributed by atoms with Gasteiger partial charge in [0.05, 0.1) is 36.9 Å². The smallest absolute Gasteiger partial charge is 0.386 e. The van der Waals surface area contributed by atoms with Crippen LogP contribution in [0.1, 0.15) is 12.5 Å². The zero-order valence-corrected chi connectivity index (χ0v) is 25.7. The van der Waals surface area contributed by atoms with Gasteiger partial charge in [-0.1, -0.05) is 36.6 Å². The van der Waals surface area contributed by atoms with E-state index < -0.39 is 81.4 Å². The molecule has 6 heterocycles. The Labute approximate surface area is 257 Å². The van der Waals surface area contributed by atoms with Gasteiger partial charge in [-0.05, 0) is 12.1 Å². The molecule has 236 valence electrons. The molecule has 3 aromatic heterocycles. The molecule has 22 heteroatoms. The molecule has 7 rings (SSSR count). The Morgan fingerprint density at radius 3 is 2.11 bits per heavy atom. The lowest BCUT2D eigenvalue weighted by Crippen LogP contribution is -2.37. The van der Waals surface area contributed by atoms with Crippen LogP contribution in [0.2, 0.25) is 0 Å². The Kier molecular flexibility index (Phi) is 7.71. The number of nitrogens with zero attached hydrogens (tertiary/aromatic N) is 5. The molecule has 0 radical (unpaired) electrons. The second-order valence-electron chi connectivity index (χ2n) is 10.2. The third-order valence-corrected chi connectivity index (χ3v) is 10.6. The van der Waals surface area contributed by atoms with E-state index in [2.05, 4.69) is 44.4 Å². The summed E-state index contributed by atoms with van der Waals surface area (Å²) in [5, 5.41) is 22.4. The van der Waals surface area contributed by atoms with Gasteiger partial charge in [-0.15, -0.1) is 0 Å². The van der Waals surface area contributed by atoms with Crippen LogP contribution in [0.3, 0.4) is 0 Å². The molecule has 3 aliphatic heterocycles. The predicted molar refractivity (Wildman–Crippen MR) is 157 cm³/mol. The van der Waals surface area contributed by atoms with Crippen molar-refractivity contribution in [2.75, 3.05) is 18.9 Å². The summed E-state index contributed by atoms with van der Waals surface area (Å²) in [5.41, 5.74) is 6.20. The number of fused-ring (bicyclic) bond motifs is 6. The number of nitrogen functional groups attached to an aromatic ring is 1. The summed E-state index contributed by atoms with van der Waals surface area (Å²) in [6, 6.07) is 7.12. The van der Waals surface area contributed by atoms with Crippen LogP contribution in [0.4, 0.5) is 5.95 Å². The second-order valence-corrected chi connectivity index (χ2v) is 15.9. The number of hydrogen-bond donors (Lipinski definition) is 6. The molecule has 3 aliphatic rings. The first-order valence-corrected chi connectivity index (χ1v) is 18.4. The van der Waals surface area contributed by atoms with E-state index >= 15 is 0 Å². The summed E-state index contributed by atoms with van der Waals surface area (Å²) in [5.74, 6) is -0.217. The first-order chi connectivity index (χ1) is 20.9. The number of para-hydroxylation sites is 2. The number of ether oxygens (including phenoxy) is 2. The standard InChI is InChI=1S/C22H25N7O11P2S2/c23-22-26-18-13(19(32)27-22)25-8-29(18)21-17-15(31)12(38-21)6-36-41(33,43)39-16-14(30)11(5-35-42(34,44)40-17)37-20(16)28-7-24-9-3-1-2-4-10(9)28/h1-4,7-8,11-12,14-17,20-21,30-31H,5-6H2,(H,33,43)(H,34,44)(H3,23,26,27,32)/t11-,12-,14?,15?,16?,17?,20-,21-,41?,42?/m1/s1. The van der Waals surface area contributed by atoms with Crippen LogP contribution in [0.5, 0.6) is 0 Å². The molecular weight excluding hydrogens is 664 g/mol. The second kappa shape index (κ2) is 11.2. The summed E-state index contributed by atoms with van der Waals surface area (Å²) < 4.78 is 64.2. The predicted octanol–water partition coefficient (Wildman–Crippen LogP) is 1.16. The van der Waals surface area contributed by atoms with E-state index in [0.29, 0.717) is 11.0 Å². The van der Waals surface area contributed by atoms with Crippen molar-refractivity contribution in [3.8, 4) is 0 Å². The summed E-state index contributed by atoms with van der Waals surface area (Å²) in [7, 11) is 0. The molecule has 10 atom stereocenters. The SMILES string of the molecule is Nc1nc2c(ncn2[C@@H]2O[C@@H]3COP(=O)(S)OC4C(O)[C@@H](COP(=O)(S)OC2C3O)O[C@H]4n2cnc3ccccc32)c(=O)[nH]1. The normalized spacial score (nSPS) is 38.3. The Morgan fingerprint density at radius 2 is 1.48 bits per heavy atom. The number of nitrogens with one attached hydrogen (secondary N) is 1. The van der Waals surface area contributed by atoms with Gasteiger partial charge in [0, 0.05) is 0 Å². The van der Waals surface area contributed by atoms with Gasteiger partial charge in [-0.3, -0.25) is 32.4 Å². The van der Waals surface area contributed by atoms with Crippen LogP contribution in [0.15, 0.2) is 41.7 Å². The van der Waals surface area contributed by atoms with Crippen molar-refractivity contribution in [2.24, 2.45) is 0 Å². The number of hydrogen-bond acceptors (Lipinski definition) is 15. The fraction of sp³-hybridized carbons (Fsp3) is 0.455. The van der Waals surface area contributed by atoms with E-state index in [9.17, 15) is 24.1 Å². The molecule has 0 amide bonds. The highest BCUT2D eigenvalue weighted by Crippen LogP contribution is 2.60. The molecule has 0 saturated carbocycles. The number of aromatic amines is 1.